The molecular formula is C12H20N4O. The minimum atomic E-state index is -0.0674. The number of nitrogens with two attached hydrogens (primary N) is 1. The van der Waals surface area contributed by atoms with Gasteiger partial charge in [0.1, 0.15) is 5.82 Å². The lowest BCUT2D eigenvalue weighted by Gasteiger charge is -2.15. The summed E-state index contributed by atoms with van der Waals surface area (Å²) in [5.41, 5.74) is 6.63. The summed E-state index contributed by atoms with van der Waals surface area (Å²) in [4.78, 5) is 21.0. The van der Waals surface area contributed by atoms with E-state index in [4.69, 9.17) is 5.73 Å². The third kappa shape index (κ3) is 3.14. The Morgan fingerprint density at radius 1 is 1.65 bits per heavy atom. The fraction of sp³-hybridized carbons (Fsp3) is 0.667. The molecule has 5 heteroatoms. The van der Waals surface area contributed by atoms with E-state index in [1.165, 1.54) is 0 Å². The van der Waals surface area contributed by atoms with E-state index in [1.807, 2.05) is 13.8 Å². The molecule has 2 rings (SSSR count). The first kappa shape index (κ1) is 12.3. The second-order valence-electron chi connectivity index (χ2n) is 5.06. The first-order valence-corrected chi connectivity index (χ1v) is 6.12. The second kappa shape index (κ2) is 4.98. The highest BCUT2D eigenvalue weighted by Gasteiger charge is 2.19. The van der Waals surface area contributed by atoms with E-state index in [-0.39, 0.29) is 17.5 Å². The summed E-state index contributed by atoms with van der Waals surface area (Å²) in [7, 11) is 0. The monoisotopic (exact) mass is 236 g/mol. The van der Waals surface area contributed by atoms with Crippen molar-refractivity contribution < 1.29 is 0 Å². The molecule has 17 heavy (non-hydrogen) atoms. The topological polar surface area (TPSA) is 75.0 Å². The molecule has 1 saturated heterocycles. The molecule has 0 aliphatic carbocycles. The molecule has 1 aromatic heterocycles. The van der Waals surface area contributed by atoms with Crippen molar-refractivity contribution in [1.82, 2.24) is 14.9 Å². The third-order valence-electron chi connectivity index (χ3n) is 3.05. The number of nitrogens with one attached hydrogen (secondary N) is 1. The van der Waals surface area contributed by atoms with Crippen molar-refractivity contribution in [3.8, 4) is 0 Å². The Kier molecular flexibility index (Phi) is 3.59. The zero-order valence-electron chi connectivity index (χ0n) is 10.4. The third-order valence-corrected chi connectivity index (χ3v) is 3.05. The number of likely N-dealkylation sites (tertiary alicyclic amines) is 1. The van der Waals surface area contributed by atoms with Gasteiger partial charge >= 0.3 is 0 Å². The van der Waals surface area contributed by atoms with Crippen molar-refractivity contribution in [2.24, 2.45) is 5.73 Å². The fourth-order valence-electron chi connectivity index (χ4n) is 2.12. The summed E-state index contributed by atoms with van der Waals surface area (Å²) in [6, 6.07) is 1.84. The molecule has 0 bridgehead atoms. The maximum absolute atomic E-state index is 11.5. The van der Waals surface area contributed by atoms with Gasteiger partial charge in [0.25, 0.3) is 5.56 Å². The molecule has 3 N–H and O–H groups in total. The number of rotatable bonds is 3. The van der Waals surface area contributed by atoms with Gasteiger partial charge in [0.05, 0.1) is 5.69 Å². The van der Waals surface area contributed by atoms with Crippen LogP contribution in [0.15, 0.2) is 10.9 Å². The highest BCUT2D eigenvalue weighted by molar-refractivity contribution is 5.05. The van der Waals surface area contributed by atoms with Crippen LogP contribution in [0.25, 0.3) is 0 Å². The zero-order chi connectivity index (χ0) is 12.4. The number of nitrogens with zero attached hydrogens (tertiary/aromatic N) is 2. The molecule has 1 aromatic rings. The Morgan fingerprint density at radius 3 is 3.00 bits per heavy atom. The fourth-order valence-corrected chi connectivity index (χ4v) is 2.12. The van der Waals surface area contributed by atoms with Crippen molar-refractivity contribution in [3.05, 3.63) is 27.9 Å². The minimum absolute atomic E-state index is 0.0674. The molecule has 1 aliphatic rings. The lowest BCUT2D eigenvalue weighted by Crippen LogP contribution is -2.27. The first-order chi connectivity index (χ1) is 8.04. The van der Waals surface area contributed by atoms with Crippen LogP contribution in [-0.4, -0.2) is 34.0 Å². The minimum Gasteiger partial charge on any atom is -0.326 e. The van der Waals surface area contributed by atoms with Crippen molar-refractivity contribution in [2.75, 3.05) is 13.1 Å². The van der Waals surface area contributed by atoms with Crippen molar-refractivity contribution in [2.45, 2.75) is 38.8 Å². The molecule has 1 fully saturated rings. The van der Waals surface area contributed by atoms with Gasteiger partial charge in [-0.1, -0.05) is 13.8 Å². The molecule has 94 valence electrons. The Morgan fingerprint density at radius 2 is 2.41 bits per heavy atom. The van der Waals surface area contributed by atoms with Gasteiger partial charge in [-0.05, 0) is 6.42 Å². The van der Waals surface area contributed by atoms with Crippen LogP contribution in [0.4, 0.5) is 0 Å². The Labute approximate surface area is 101 Å². The molecule has 0 amide bonds. The molecule has 1 aliphatic heterocycles. The summed E-state index contributed by atoms with van der Waals surface area (Å²) in [5.74, 6) is 1.000. The standard InChI is InChI=1S/C12H20N4O/c1-8(2)12-14-10(5-11(17)15-12)7-16-4-3-9(13)6-16/h5,8-9H,3-4,6-7,13H2,1-2H3,(H,14,15,17). The highest BCUT2D eigenvalue weighted by Crippen LogP contribution is 2.12. The summed E-state index contributed by atoms with van der Waals surface area (Å²) in [6.45, 7) is 6.65. The predicted molar refractivity (Wildman–Crippen MR) is 66.8 cm³/mol. The van der Waals surface area contributed by atoms with Gasteiger partial charge in [-0.25, -0.2) is 4.98 Å². The summed E-state index contributed by atoms with van der Waals surface area (Å²) in [5, 5.41) is 0. The maximum atomic E-state index is 11.5. The first-order valence-electron chi connectivity index (χ1n) is 6.12. The number of H-pyrrole nitrogens is 1. The number of hydrogen-bond donors (Lipinski definition) is 2. The molecule has 0 saturated carbocycles. The van der Waals surface area contributed by atoms with Crippen LogP contribution in [0.1, 0.15) is 37.7 Å². The number of aromatic amines is 1. The molecule has 0 aromatic carbocycles. The Balaban J connectivity index is 2.13. The van der Waals surface area contributed by atoms with Gasteiger partial charge in [-0.15, -0.1) is 0 Å². The molecule has 0 spiro atoms. The summed E-state index contributed by atoms with van der Waals surface area (Å²) in [6.07, 6.45) is 1.03. The van der Waals surface area contributed by atoms with Crippen LogP contribution >= 0.6 is 0 Å². The lowest BCUT2D eigenvalue weighted by molar-refractivity contribution is 0.322. The molecular weight excluding hydrogens is 216 g/mol. The van der Waals surface area contributed by atoms with E-state index in [0.717, 1.165) is 37.6 Å². The highest BCUT2D eigenvalue weighted by atomic mass is 16.1. The van der Waals surface area contributed by atoms with Gasteiger partial charge < -0.3 is 10.7 Å². The molecule has 5 nitrogen and oxygen atoms in total. The van der Waals surface area contributed by atoms with E-state index in [2.05, 4.69) is 14.9 Å². The smallest absolute Gasteiger partial charge is 0.251 e. The van der Waals surface area contributed by atoms with E-state index in [0.29, 0.717) is 0 Å². The van der Waals surface area contributed by atoms with Gasteiger partial charge in [-0.2, -0.15) is 0 Å². The predicted octanol–water partition coefficient (Wildman–Crippen LogP) is 0.426. The zero-order valence-corrected chi connectivity index (χ0v) is 10.4. The van der Waals surface area contributed by atoms with Crippen LogP contribution in [0.5, 0.6) is 0 Å². The quantitative estimate of drug-likeness (QED) is 0.798. The lowest BCUT2D eigenvalue weighted by atomic mass is 10.2. The second-order valence-corrected chi connectivity index (χ2v) is 5.06. The normalized spacial score (nSPS) is 21.3. The molecule has 1 atom stereocenters. The van der Waals surface area contributed by atoms with Crippen LogP contribution in [-0.2, 0) is 6.54 Å². The number of hydrogen-bond acceptors (Lipinski definition) is 4. The van der Waals surface area contributed by atoms with E-state index in [9.17, 15) is 4.79 Å². The van der Waals surface area contributed by atoms with Crippen molar-refractivity contribution >= 4 is 0 Å². The molecule has 0 radical (unpaired) electrons. The van der Waals surface area contributed by atoms with Gasteiger partial charge in [0.15, 0.2) is 0 Å². The van der Waals surface area contributed by atoms with E-state index >= 15 is 0 Å². The Hall–Kier alpha value is -1.20. The summed E-state index contributed by atoms with van der Waals surface area (Å²) < 4.78 is 0. The van der Waals surface area contributed by atoms with Crippen LogP contribution in [0, 0.1) is 0 Å². The maximum Gasteiger partial charge on any atom is 0.251 e. The SMILES string of the molecule is CC(C)c1nc(CN2CCC(N)C2)cc(=O)[nH]1. The van der Waals surface area contributed by atoms with Crippen molar-refractivity contribution in [3.63, 3.8) is 0 Å². The van der Waals surface area contributed by atoms with E-state index in [1.54, 1.807) is 6.07 Å². The van der Waals surface area contributed by atoms with E-state index < -0.39 is 0 Å². The van der Waals surface area contributed by atoms with Gasteiger partial charge in [-0.3, -0.25) is 9.69 Å². The van der Waals surface area contributed by atoms with Crippen LogP contribution in [0.3, 0.4) is 0 Å². The largest absolute Gasteiger partial charge is 0.326 e. The van der Waals surface area contributed by atoms with Crippen molar-refractivity contribution in [1.29, 1.82) is 0 Å². The van der Waals surface area contributed by atoms with Gasteiger partial charge in [0, 0.05) is 37.7 Å². The molecule has 1 unspecified atom stereocenters. The average molecular weight is 236 g/mol. The van der Waals surface area contributed by atoms with Crippen LogP contribution < -0.4 is 11.3 Å². The average Bonchev–Trinajstić information content (AvgIpc) is 2.63. The summed E-state index contributed by atoms with van der Waals surface area (Å²) >= 11 is 0. The van der Waals surface area contributed by atoms with Crippen LogP contribution in [0.2, 0.25) is 0 Å². The number of aromatic nitrogens is 2. The molecule has 2 heterocycles. The van der Waals surface area contributed by atoms with Gasteiger partial charge in [0.2, 0.25) is 0 Å². The Bertz CT molecular complexity index is 440.